The summed E-state index contributed by atoms with van der Waals surface area (Å²) in [7, 11) is 0. The van der Waals surface area contributed by atoms with Gasteiger partial charge in [-0.25, -0.2) is 4.79 Å². The Hall–Kier alpha value is -2.33. The highest BCUT2D eigenvalue weighted by Crippen LogP contribution is 2.52. The molecule has 2 aromatic rings. The molecule has 116 valence electrons. The molecule has 1 aliphatic carbocycles. The number of hydrogen-bond donors (Lipinski definition) is 2. The Morgan fingerprint density at radius 1 is 1.30 bits per heavy atom. The highest BCUT2D eigenvalue weighted by Gasteiger charge is 2.41. The third kappa shape index (κ3) is 2.21. The van der Waals surface area contributed by atoms with E-state index >= 15 is 0 Å². The number of allylic oxidation sites excluding steroid dienone is 2. The van der Waals surface area contributed by atoms with Gasteiger partial charge in [-0.3, -0.25) is 4.98 Å². The van der Waals surface area contributed by atoms with Crippen molar-refractivity contribution in [2.45, 2.75) is 18.4 Å². The Morgan fingerprint density at radius 2 is 2.17 bits per heavy atom. The maximum atomic E-state index is 11.6. The number of benzene rings is 1. The van der Waals surface area contributed by atoms with Gasteiger partial charge >= 0.3 is 5.97 Å². The van der Waals surface area contributed by atoms with Gasteiger partial charge in [-0.15, -0.1) is 0 Å². The van der Waals surface area contributed by atoms with Gasteiger partial charge in [-0.2, -0.15) is 0 Å². The third-order valence-electron chi connectivity index (χ3n) is 4.71. The summed E-state index contributed by atoms with van der Waals surface area (Å²) in [6, 6.07) is 9.10. The molecule has 0 radical (unpaired) electrons. The van der Waals surface area contributed by atoms with Crippen molar-refractivity contribution in [2.75, 3.05) is 5.32 Å². The van der Waals surface area contributed by atoms with Crippen LogP contribution < -0.4 is 5.32 Å². The molecule has 0 unspecified atom stereocenters. The summed E-state index contributed by atoms with van der Waals surface area (Å²) in [5.41, 5.74) is 2.78. The van der Waals surface area contributed by atoms with Crippen LogP contribution in [0.1, 0.15) is 40.0 Å². The van der Waals surface area contributed by atoms with Gasteiger partial charge in [0, 0.05) is 12.1 Å². The Bertz CT molecular complexity index is 804. The zero-order valence-corrected chi connectivity index (χ0v) is 13.0. The number of carboxylic acids is 1. The number of anilines is 1. The molecule has 5 heteroatoms. The lowest BCUT2D eigenvalue weighted by atomic mass is 9.76. The first-order valence-corrected chi connectivity index (χ1v) is 7.94. The largest absolute Gasteiger partial charge is 0.478 e. The molecule has 3 atom stereocenters. The summed E-state index contributed by atoms with van der Waals surface area (Å²) in [6.45, 7) is 0. The molecule has 1 aromatic heterocycles. The number of nitrogens with zero attached hydrogens (tertiary/aromatic N) is 1. The van der Waals surface area contributed by atoms with Crippen LogP contribution in [0.2, 0.25) is 5.02 Å². The van der Waals surface area contributed by atoms with E-state index in [1.54, 1.807) is 18.3 Å². The lowest BCUT2D eigenvalue weighted by Gasteiger charge is -2.38. The first-order valence-electron chi connectivity index (χ1n) is 7.56. The average Bonchev–Trinajstić information content (AvgIpc) is 3.05. The number of pyridine rings is 1. The number of fused-ring (bicyclic) bond motifs is 3. The van der Waals surface area contributed by atoms with E-state index in [4.69, 9.17) is 11.6 Å². The number of carbonyl (C=O) groups is 1. The van der Waals surface area contributed by atoms with Crippen LogP contribution >= 0.6 is 11.6 Å². The van der Waals surface area contributed by atoms with Crippen molar-refractivity contribution in [1.82, 2.24) is 4.98 Å². The number of nitrogens with one attached hydrogen (secondary N) is 1. The molecule has 2 aliphatic rings. The topological polar surface area (TPSA) is 62.2 Å². The van der Waals surface area contributed by atoms with Crippen molar-refractivity contribution in [3.63, 3.8) is 0 Å². The van der Waals surface area contributed by atoms with Gasteiger partial charge in [-0.1, -0.05) is 29.8 Å². The van der Waals surface area contributed by atoms with E-state index in [9.17, 15) is 9.90 Å². The van der Waals surface area contributed by atoms with Crippen LogP contribution in [0, 0.1) is 5.92 Å². The Balaban J connectivity index is 1.89. The van der Waals surface area contributed by atoms with Gasteiger partial charge in [0.25, 0.3) is 0 Å². The Labute approximate surface area is 138 Å². The molecule has 23 heavy (non-hydrogen) atoms. The SMILES string of the molecule is O=C(O)c1ccc(Cl)c2c1[C@H]1C=CC[C@@H]1[C@@H](c1ccccn1)N2. The fraction of sp³-hybridized carbons (Fsp3) is 0.222. The first-order chi connectivity index (χ1) is 11.2. The maximum absolute atomic E-state index is 11.6. The van der Waals surface area contributed by atoms with Crippen LogP contribution in [0.25, 0.3) is 0 Å². The summed E-state index contributed by atoms with van der Waals surface area (Å²) in [4.78, 5) is 16.1. The number of carboxylic acid groups (broad SMARTS) is 1. The summed E-state index contributed by atoms with van der Waals surface area (Å²) in [5, 5.41) is 13.5. The summed E-state index contributed by atoms with van der Waals surface area (Å²) < 4.78 is 0. The van der Waals surface area contributed by atoms with Crippen molar-refractivity contribution in [2.24, 2.45) is 5.92 Å². The fourth-order valence-electron chi connectivity index (χ4n) is 3.71. The van der Waals surface area contributed by atoms with E-state index in [1.165, 1.54) is 0 Å². The molecule has 2 heterocycles. The molecular weight excluding hydrogens is 312 g/mol. The lowest BCUT2D eigenvalue weighted by molar-refractivity contribution is 0.0695. The van der Waals surface area contributed by atoms with Gasteiger partial charge in [0.15, 0.2) is 0 Å². The van der Waals surface area contributed by atoms with E-state index in [2.05, 4.69) is 22.5 Å². The van der Waals surface area contributed by atoms with E-state index in [0.29, 0.717) is 10.6 Å². The van der Waals surface area contributed by atoms with Crippen molar-refractivity contribution >= 4 is 23.3 Å². The molecule has 0 spiro atoms. The van der Waals surface area contributed by atoms with E-state index in [0.717, 1.165) is 23.4 Å². The van der Waals surface area contributed by atoms with E-state index in [-0.39, 0.29) is 17.9 Å². The quantitative estimate of drug-likeness (QED) is 0.809. The lowest BCUT2D eigenvalue weighted by Crippen LogP contribution is -2.31. The zero-order valence-electron chi connectivity index (χ0n) is 12.2. The second-order valence-corrected chi connectivity index (χ2v) is 6.33. The van der Waals surface area contributed by atoms with Crippen molar-refractivity contribution < 1.29 is 9.90 Å². The molecule has 0 saturated carbocycles. The van der Waals surface area contributed by atoms with Crippen LogP contribution in [0.4, 0.5) is 5.69 Å². The van der Waals surface area contributed by atoms with Crippen LogP contribution in [-0.4, -0.2) is 16.1 Å². The van der Waals surface area contributed by atoms with Crippen LogP contribution in [-0.2, 0) is 0 Å². The second-order valence-electron chi connectivity index (χ2n) is 5.92. The van der Waals surface area contributed by atoms with Crippen LogP contribution in [0.5, 0.6) is 0 Å². The molecule has 2 N–H and O–H groups in total. The van der Waals surface area contributed by atoms with Gasteiger partial charge in [0.1, 0.15) is 0 Å². The fourth-order valence-corrected chi connectivity index (χ4v) is 3.93. The summed E-state index contributed by atoms with van der Waals surface area (Å²) in [6.07, 6.45) is 6.89. The number of aromatic nitrogens is 1. The van der Waals surface area contributed by atoms with Gasteiger partial charge in [0.2, 0.25) is 0 Å². The van der Waals surface area contributed by atoms with Gasteiger partial charge in [0.05, 0.1) is 28.0 Å². The average molecular weight is 327 g/mol. The number of aromatic carboxylic acids is 1. The highest BCUT2D eigenvalue weighted by molar-refractivity contribution is 6.33. The predicted octanol–water partition coefficient (Wildman–Crippen LogP) is 4.26. The Kier molecular flexibility index (Phi) is 3.34. The third-order valence-corrected chi connectivity index (χ3v) is 5.02. The van der Waals surface area contributed by atoms with Crippen molar-refractivity contribution in [3.05, 3.63) is 70.5 Å². The molecule has 1 aliphatic heterocycles. The second kappa shape index (κ2) is 5.39. The predicted molar refractivity (Wildman–Crippen MR) is 89.0 cm³/mol. The molecule has 0 amide bonds. The number of halogens is 1. The monoisotopic (exact) mass is 326 g/mol. The normalized spacial score (nSPS) is 24.7. The maximum Gasteiger partial charge on any atom is 0.336 e. The number of rotatable bonds is 2. The number of hydrogen-bond acceptors (Lipinski definition) is 3. The molecule has 4 rings (SSSR count). The molecule has 4 nitrogen and oxygen atoms in total. The standard InChI is InChI=1S/C18H15ClN2O2/c19-13-8-7-12(18(22)23)15-10-4-3-5-11(10)16(21-17(13)15)14-6-1-2-9-20-14/h1-4,6-11,16,21H,5H2,(H,22,23)/t10-,11-,16-/m0/s1. The van der Waals surface area contributed by atoms with E-state index < -0.39 is 5.97 Å². The molecule has 0 fully saturated rings. The summed E-state index contributed by atoms with van der Waals surface area (Å²) in [5.74, 6) is -0.632. The first kappa shape index (κ1) is 14.3. The van der Waals surface area contributed by atoms with Gasteiger partial charge in [-0.05, 0) is 42.2 Å². The minimum atomic E-state index is -0.921. The van der Waals surface area contributed by atoms with Crippen LogP contribution in [0.3, 0.4) is 0 Å². The minimum absolute atomic E-state index is 0.0187. The molecule has 0 bridgehead atoms. The molecule has 0 saturated heterocycles. The molecule has 1 aromatic carbocycles. The Morgan fingerprint density at radius 3 is 2.91 bits per heavy atom. The zero-order chi connectivity index (χ0) is 16.0. The summed E-state index contributed by atoms with van der Waals surface area (Å²) >= 11 is 6.36. The van der Waals surface area contributed by atoms with Crippen molar-refractivity contribution in [1.29, 1.82) is 0 Å². The highest BCUT2D eigenvalue weighted by atomic mass is 35.5. The van der Waals surface area contributed by atoms with Crippen molar-refractivity contribution in [3.8, 4) is 0 Å². The minimum Gasteiger partial charge on any atom is -0.478 e. The smallest absolute Gasteiger partial charge is 0.336 e. The van der Waals surface area contributed by atoms with E-state index in [1.807, 2.05) is 18.2 Å². The van der Waals surface area contributed by atoms with Crippen LogP contribution in [0.15, 0.2) is 48.7 Å². The molecular formula is C18H15ClN2O2. The van der Waals surface area contributed by atoms with Gasteiger partial charge < -0.3 is 10.4 Å².